The number of ether oxygens (including phenoxy) is 1. The van der Waals surface area contributed by atoms with E-state index in [0.29, 0.717) is 29.0 Å². The van der Waals surface area contributed by atoms with Gasteiger partial charge in [-0.1, -0.05) is 24.3 Å². The van der Waals surface area contributed by atoms with E-state index in [1.54, 1.807) is 0 Å². The highest BCUT2D eigenvalue weighted by atomic mass is 16.5. The molecule has 0 radical (unpaired) electrons. The fraction of sp³-hybridized carbons (Fsp3) is 0.0556. The molecule has 2 heterocycles. The molecular formula is C18H19N5O. The van der Waals surface area contributed by atoms with E-state index in [1.807, 2.05) is 55.5 Å². The van der Waals surface area contributed by atoms with Crippen molar-refractivity contribution >= 4 is 16.9 Å². The number of hydrogen-bond donors (Lipinski definition) is 2. The molecule has 24 heavy (non-hydrogen) atoms. The van der Waals surface area contributed by atoms with Crippen LogP contribution >= 0.6 is 0 Å². The maximum absolute atomic E-state index is 5.97. The Morgan fingerprint density at radius 2 is 1.96 bits per heavy atom. The summed E-state index contributed by atoms with van der Waals surface area (Å²) in [6.07, 6.45) is 1.50. The molecule has 0 aliphatic heterocycles. The molecule has 6 nitrogen and oxygen atoms in total. The Morgan fingerprint density at radius 1 is 1.08 bits per heavy atom. The number of fused-ring (bicyclic) bond motifs is 1. The lowest BCUT2D eigenvalue weighted by molar-refractivity contribution is 0.460. The maximum Gasteiger partial charge on any atom is 0.238 e. The van der Waals surface area contributed by atoms with Gasteiger partial charge in [-0.05, 0) is 36.8 Å². The molecule has 0 bridgehead atoms. The van der Waals surface area contributed by atoms with Gasteiger partial charge in [0.1, 0.15) is 5.75 Å². The Kier molecular flexibility index (Phi) is 3.35. The van der Waals surface area contributed by atoms with Gasteiger partial charge in [0.25, 0.3) is 0 Å². The number of anilines is 1. The van der Waals surface area contributed by atoms with E-state index in [0.717, 1.165) is 16.6 Å². The van der Waals surface area contributed by atoms with Gasteiger partial charge >= 0.3 is 0 Å². The summed E-state index contributed by atoms with van der Waals surface area (Å²) < 4.78 is 5.78. The van der Waals surface area contributed by atoms with Gasteiger partial charge in [-0.3, -0.25) is 0 Å². The van der Waals surface area contributed by atoms with Crippen LogP contribution in [0.1, 0.15) is 8.42 Å². The van der Waals surface area contributed by atoms with Crippen LogP contribution in [0.4, 0.5) is 5.82 Å². The summed E-state index contributed by atoms with van der Waals surface area (Å²) in [5, 5.41) is 0. The molecule has 0 aliphatic carbocycles. The molecule has 0 unspecified atom stereocenters. The van der Waals surface area contributed by atoms with Crippen molar-refractivity contribution in [1.29, 1.82) is 0 Å². The predicted octanol–water partition coefficient (Wildman–Crippen LogP) is 4.19. The third kappa shape index (κ3) is 2.65. The number of H-pyrrole nitrogens is 1. The first-order chi connectivity index (χ1) is 11.7. The quantitative estimate of drug-likeness (QED) is 0.590. The fourth-order valence-electron chi connectivity index (χ4n) is 2.47. The first kappa shape index (κ1) is 14.2. The van der Waals surface area contributed by atoms with Gasteiger partial charge < -0.3 is 15.5 Å². The van der Waals surface area contributed by atoms with E-state index < -0.39 is 0 Å². The largest absolute Gasteiger partial charge is 0.437 e. The molecule has 2 aromatic heterocycles. The molecule has 0 aliphatic rings. The van der Waals surface area contributed by atoms with Crippen LogP contribution in [-0.4, -0.2) is 19.9 Å². The third-order valence-corrected chi connectivity index (χ3v) is 3.60. The number of nitrogens with two attached hydrogens (primary N) is 1. The summed E-state index contributed by atoms with van der Waals surface area (Å²) in [6, 6.07) is 15.5. The van der Waals surface area contributed by atoms with E-state index >= 15 is 0 Å². The molecule has 2 aromatic carbocycles. The standard InChI is InChI=1S/C18H15N5O.2H2/c1-11-5-4-6-12(9-11)24-15-10-20-17(19)16(23-15)18-21-13-7-2-3-8-14(13)22-18;;/h2-10H,1H3,(H2,19,20)(H,21,22);2*1H. The average molecular weight is 321 g/mol. The number of nitrogens with one attached hydrogen (secondary N) is 1. The smallest absolute Gasteiger partial charge is 0.238 e. The van der Waals surface area contributed by atoms with Crippen LogP contribution in [0.3, 0.4) is 0 Å². The minimum atomic E-state index is 0. The van der Waals surface area contributed by atoms with E-state index in [1.165, 1.54) is 6.20 Å². The zero-order chi connectivity index (χ0) is 16.5. The Morgan fingerprint density at radius 3 is 2.79 bits per heavy atom. The van der Waals surface area contributed by atoms with Crippen LogP contribution in [0.5, 0.6) is 11.6 Å². The molecule has 122 valence electrons. The number of aromatic amines is 1. The predicted molar refractivity (Wildman–Crippen MR) is 97.0 cm³/mol. The summed E-state index contributed by atoms with van der Waals surface area (Å²) in [7, 11) is 0. The van der Waals surface area contributed by atoms with Crippen LogP contribution in [0.2, 0.25) is 0 Å². The zero-order valence-electron chi connectivity index (χ0n) is 13.0. The molecule has 0 spiro atoms. The second kappa shape index (κ2) is 5.66. The number of aromatic nitrogens is 4. The summed E-state index contributed by atoms with van der Waals surface area (Å²) in [5.74, 6) is 1.93. The minimum absolute atomic E-state index is 0. The van der Waals surface area contributed by atoms with Crippen LogP contribution in [0.15, 0.2) is 54.7 Å². The number of nitrogens with zero attached hydrogens (tertiary/aromatic N) is 3. The van der Waals surface area contributed by atoms with Gasteiger partial charge in [-0.15, -0.1) is 0 Å². The summed E-state index contributed by atoms with van der Waals surface area (Å²) in [4.78, 5) is 16.3. The third-order valence-electron chi connectivity index (χ3n) is 3.60. The van der Waals surface area contributed by atoms with E-state index in [4.69, 9.17) is 10.5 Å². The number of imidazole rings is 1. The summed E-state index contributed by atoms with van der Waals surface area (Å²) >= 11 is 0. The van der Waals surface area contributed by atoms with Crippen molar-refractivity contribution in [1.82, 2.24) is 19.9 Å². The van der Waals surface area contributed by atoms with Crippen molar-refractivity contribution in [3.63, 3.8) is 0 Å². The lowest BCUT2D eigenvalue weighted by atomic mass is 10.2. The lowest BCUT2D eigenvalue weighted by Crippen LogP contribution is -2.00. The molecule has 0 saturated heterocycles. The van der Waals surface area contributed by atoms with Crippen molar-refractivity contribution in [3.05, 3.63) is 60.3 Å². The number of benzene rings is 2. The second-order valence-electron chi connectivity index (χ2n) is 5.46. The molecule has 0 saturated carbocycles. The van der Waals surface area contributed by atoms with Gasteiger partial charge in [-0.25, -0.2) is 15.0 Å². The lowest BCUT2D eigenvalue weighted by Gasteiger charge is -2.07. The Bertz CT molecular complexity index is 1000. The van der Waals surface area contributed by atoms with E-state index in [-0.39, 0.29) is 2.85 Å². The summed E-state index contributed by atoms with van der Waals surface area (Å²) in [5.41, 5.74) is 9.31. The second-order valence-corrected chi connectivity index (χ2v) is 5.46. The first-order valence-corrected chi connectivity index (χ1v) is 7.51. The molecule has 4 aromatic rings. The van der Waals surface area contributed by atoms with Crippen molar-refractivity contribution in [2.75, 3.05) is 5.73 Å². The normalized spacial score (nSPS) is 10.9. The number of aryl methyl sites for hydroxylation is 1. The van der Waals surface area contributed by atoms with Crippen molar-refractivity contribution in [2.24, 2.45) is 0 Å². The van der Waals surface area contributed by atoms with Crippen LogP contribution in [0.25, 0.3) is 22.6 Å². The first-order valence-electron chi connectivity index (χ1n) is 7.51. The van der Waals surface area contributed by atoms with Crippen molar-refractivity contribution in [3.8, 4) is 23.1 Å². The highest BCUT2D eigenvalue weighted by Gasteiger charge is 2.13. The Balaban J connectivity index is 0.00000121. The van der Waals surface area contributed by atoms with Gasteiger partial charge in [0.15, 0.2) is 17.3 Å². The molecule has 0 fully saturated rings. The molecule has 0 amide bonds. The highest BCUT2D eigenvalue weighted by molar-refractivity contribution is 5.80. The zero-order valence-corrected chi connectivity index (χ0v) is 13.0. The molecule has 3 N–H and O–H groups in total. The van der Waals surface area contributed by atoms with Gasteiger partial charge in [-0.2, -0.15) is 0 Å². The highest BCUT2D eigenvalue weighted by Crippen LogP contribution is 2.26. The molecule has 0 atom stereocenters. The topological polar surface area (TPSA) is 89.7 Å². The molecular weight excluding hydrogens is 302 g/mol. The summed E-state index contributed by atoms with van der Waals surface area (Å²) in [6.45, 7) is 2.00. The SMILES string of the molecule is Cc1cccc(Oc2cnc(N)c(-c3nc4ccccc4[nH]3)n2)c1.[HH].[HH]. The van der Waals surface area contributed by atoms with Crippen LogP contribution in [0, 0.1) is 6.92 Å². The Hall–Kier alpha value is -3.41. The monoisotopic (exact) mass is 321 g/mol. The number of hydrogen-bond acceptors (Lipinski definition) is 5. The van der Waals surface area contributed by atoms with Gasteiger partial charge in [0.05, 0.1) is 17.2 Å². The van der Waals surface area contributed by atoms with Crippen LogP contribution in [-0.2, 0) is 0 Å². The number of para-hydroxylation sites is 2. The minimum Gasteiger partial charge on any atom is -0.437 e. The number of rotatable bonds is 3. The average Bonchev–Trinajstić information content (AvgIpc) is 3.00. The molecule has 6 heteroatoms. The van der Waals surface area contributed by atoms with Crippen molar-refractivity contribution in [2.45, 2.75) is 6.92 Å². The van der Waals surface area contributed by atoms with Crippen molar-refractivity contribution < 1.29 is 7.59 Å². The molecule has 4 rings (SSSR count). The van der Waals surface area contributed by atoms with E-state index in [9.17, 15) is 0 Å². The van der Waals surface area contributed by atoms with Gasteiger partial charge in [0, 0.05) is 2.85 Å². The number of nitrogen functional groups attached to an aromatic ring is 1. The maximum atomic E-state index is 5.97. The van der Waals surface area contributed by atoms with E-state index in [2.05, 4.69) is 19.9 Å². The van der Waals surface area contributed by atoms with Gasteiger partial charge in [0.2, 0.25) is 5.88 Å². The Labute approximate surface area is 141 Å². The fourth-order valence-corrected chi connectivity index (χ4v) is 2.47. The van der Waals surface area contributed by atoms with Crippen LogP contribution < -0.4 is 10.5 Å².